The third-order valence-electron chi connectivity index (χ3n) is 4.97. The Balaban J connectivity index is 2.76. The highest BCUT2D eigenvalue weighted by Crippen LogP contribution is 2.36. The van der Waals surface area contributed by atoms with Gasteiger partial charge in [-0.2, -0.15) is 0 Å². The zero-order valence-corrected chi connectivity index (χ0v) is 17.0. The molecule has 1 aliphatic heterocycles. The molecule has 1 fully saturated rings. The number of nitrogens with zero attached hydrogens (tertiary/aromatic N) is 1. The fourth-order valence-corrected chi connectivity index (χ4v) is 4.45. The summed E-state index contributed by atoms with van der Waals surface area (Å²) in [5.41, 5.74) is 0. The molecule has 0 saturated carbocycles. The first kappa shape index (κ1) is 20.6. The number of rotatable bonds is 6. The van der Waals surface area contributed by atoms with Gasteiger partial charge in [0.05, 0.1) is 31.6 Å². The van der Waals surface area contributed by atoms with Crippen LogP contribution in [0.3, 0.4) is 0 Å². The van der Waals surface area contributed by atoms with E-state index in [2.05, 4.69) is 33.9 Å². The Morgan fingerprint density at radius 2 is 1.74 bits per heavy atom. The van der Waals surface area contributed by atoms with Crippen molar-refractivity contribution >= 4 is 24.1 Å². The van der Waals surface area contributed by atoms with Crippen molar-refractivity contribution in [2.75, 3.05) is 38.3 Å². The second-order valence-electron chi connectivity index (χ2n) is 7.69. The fourth-order valence-electron chi connectivity index (χ4n) is 2.18. The van der Waals surface area contributed by atoms with Gasteiger partial charge in [-0.25, -0.2) is 8.42 Å². The molecule has 6 nitrogen and oxygen atoms in total. The molecule has 23 heavy (non-hydrogen) atoms. The average molecular weight is 366 g/mol. The Morgan fingerprint density at radius 3 is 2.17 bits per heavy atom. The van der Waals surface area contributed by atoms with Crippen LogP contribution in [0.2, 0.25) is 18.1 Å². The molecule has 0 bridgehead atoms. The minimum Gasteiger partial charge on any atom is -0.469 e. The molecule has 1 unspecified atom stereocenters. The quantitative estimate of drug-likeness (QED) is 0.527. The van der Waals surface area contributed by atoms with E-state index >= 15 is 0 Å². The summed E-state index contributed by atoms with van der Waals surface area (Å²) < 4.78 is 34.2. The van der Waals surface area contributed by atoms with Gasteiger partial charge < -0.3 is 9.16 Å². The number of carbonyl (C=O) groups excluding carboxylic acids is 1. The van der Waals surface area contributed by atoms with E-state index in [0.717, 1.165) is 0 Å². The van der Waals surface area contributed by atoms with Crippen LogP contribution in [0.5, 0.6) is 0 Å². The predicted octanol–water partition coefficient (Wildman–Crippen LogP) is 1.67. The molecule has 0 spiro atoms. The van der Waals surface area contributed by atoms with Gasteiger partial charge in [0.2, 0.25) is 0 Å². The standard InChI is InChI=1S/C15H31NO5SSi/c1-15(2,3)23(5,6)21-12-13(11-14(17)20-4)16-7-9-22(18,19)10-8-16/h13H,7-12H2,1-6H3. The number of ether oxygens (including phenoxy) is 1. The molecule has 0 aliphatic carbocycles. The summed E-state index contributed by atoms with van der Waals surface area (Å²) in [7, 11) is -3.49. The molecule has 1 atom stereocenters. The SMILES string of the molecule is COC(=O)CC(CO[Si](C)(C)C(C)(C)C)N1CCS(=O)(=O)CC1. The van der Waals surface area contributed by atoms with Crippen molar-refractivity contribution in [3.63, 3.8) is 0 Å². The van der Waals surface area contributed by atoms with Crippen LogP contribution in [0.1, 0.15) is 27.2 Å². The summed E-state index contributed by atoms with van der Waals surface area (Å²) in [6, 6.07) is -0.132. The molecule has 1 rings (SSSR count). The maximum absolute atomic E-state index is 11.7. The first-order valence-electron chi connectivity index (χ1n) is 8.03. The first-order valence-corrected chi connectivity index (χ1v) is 12.8. The molecule has 136 valence electrons. The Bertz CT molecular complexity index is 498. The van der Waals surface area contributed by atoms with Crippen molar-refractivity contribution < 1.29 is 22.4 Å². The molecule has 0 aromatic carbocycles. The number of esters is 1. The van der Waals surface area contributed by atoms with Crippen molar-refractivity contribution in [3.05, 3.63) is 0 Å². The second kappa shape index (κ2) is 7.63. The lowest BCUT2D eigenvalue weighted by atomic mass is 10.2. The van der Waals surface area contributed by atoms with Crippen LogP contribution >= 0.6 is 0 Å². The zero-order valence-electron chi connectivity index (χ0n) is 15.2. The first-order chi connectivity index (χ1) is 10.4. The highest BCUT2D eigenvalue weighted by Gasteiger charge is 2.38. The highest BCUT2D eigenvalue weighted by atomic mass is 32.2. The molecule has 0 aromatic heterocycles. The fraction of sp³-hybridized carbons (Fsp3) is 0.933. The molecule has 1 saturated heterocycles. The van der Waals surface area contributed by atoms with Gasteiger partial charge >= 0.3 is 5.97 Å². The van der Waals surface area contributed by atoms with Crippen LogP contribution < -0.4 is 0 Å². The van der Waals surface area contributed by atoms with E-state index in [1.807, 2.05) is 4.90 Å². The number of carbonyl (C=O) groups is 1. The number of sulfone groups is 1. The Labute approximate surface area is 141 Å². The lowest BCUT2D eigenvalue weighted by Crippen LogP contribution is -2.51. The van der Waals surface area contributed by atoms with E-state index < -0.39 is 18.2 Å². The summed E-state index contributed by atoms with van der Waals surface area (Å²) in [4.78, 5) is 13.7. The van der Waals surface area contributed by atoms with Crippen molar-refractivity contribution in [1.82, 2.24) is 4.90 Å². The van der Waals surface area contributed by atoms with E-state index in [4.69, 9.17) is 9.16 Å². The second-order valence-corrected chi connectivity index (χ2v) is 14.8. The number of hydrogen-bond acceptors (Lipinski definition) is 6. The zero-order chi connectivity index (χ0) is 17.9. The van der Waals surface area contributed by atoms with Gasteiger partial charge in [-0.15, -0.1) is 0 Å². The van der Waals surface area contributed by atoms with Gasteiger partial charge in [0.25, 0.3) is 0 Å². The van der Waals surface area contributed by atoms with Crippen LogP contribution in [0.25, 0.3) is 0 Å². The third kappa shape index (κ3) is 6.17. The van der Waals surface area contributed by atoms with E-state index in [1.165, 1.54) is 7.11 Å². The van der Waals surface area contributed by atoms with Crippen LogP contribution in [-0.2, 0) is 23.8 Å². The van der Waals surface area contributed by atoms with Gasteiger partial charge in [0.15, 0.2) is 18.2 Å². The highest BCUT2D eigenvalue weighted by molar-refractivity contribution is 7.91. The van der Waals surface area contributed by atoms with E-state index in [0.29, 0.717) is 19.7 Å². The van der Waals surface area contributed by atoms with Crippen LogP contribution in [-0.4, -0.2) is 72.0 Å². The maximum Gasteiger partial charge on any atom is 0.307 e. The Morgan fingerprint density at radius 1 is 1.22 bits per heavy atom. The maximum atomic E-state index is 11.7. The smallest absolute Gasteiger partial charge is 0.307 e. The normalized spacial score (nSPS) is 21.0. The van der Waals surface area contributed by atoms with E-state index in [9.17, 15) is 13.2 Å². The van der Waals surface area contributed by atoms with Crippen molar-refractivity contribution in [2.24, 2.45) is 0 Å². The molecule has 1 heterocycles. The number of hydrogen-bond donors (Lipinski definition) is 0. The minimum absolute atomic E-state index is 0.0913. The number of methoxy groups -OCH3 is 1. The molecule has 0 amide bonds. The topological polar surface area (TPSA) is 72.9 Å². The molecule has 0 aromatic rings. The summed E-state index contributed by atoms with van der Waals surface area (Å²) in [5, 5.41) is 0.0913. The lowest BCUT2D eigenvalue weighted by Gasteiger charge is -2.40. The Hall–Kier alpha value is -0.443. The molecular weight excluding hydrogens is 334 g/mol. The summed E-state index contributed by atoms with van der Waals surface area (Å²) >= 11 is 0. The molecule has 1 aliphatic rings. The average Bonchev–Trinajstić information content (AvgIpc) is 2.42. The summed E-state index contributed by atoms with van der Waals surface area (Å²) in [5.74, 6) is -0.00234. The van der Waals surface area contributed by atoms with Gasteiger partial charge in [-0.05, 0) is 18.1 Å². The summed E-state index contributed by atoms with van der Waals surface area (Å²) in [6.07, 6.45) is 0.227. The van der Waals surface area contributed by atoms with Gasteiger partial charge in [0.1, 0.15) is 0 Å². The van der Waals surface area contributed by atoms with E-state index in [-0.39, 0.29) is 35.0 Å². The summed E-state index contributed by atoms with van der Waals surface area (Å²) in [6.45, 7) is 12.2. The third-order valence-corrected chi connectivity index (χ3v) is 11.1. The van der Waals surface area contributed by atoms with Crippen molar-refractivity contribution in [3.8, 4) is 0 Å². The van der Waals surface area contributed by atoms with E-state index in [1.54, 1.807) is 0 Å². The van der Waals surface area contributed by atoms with Crippen LogP contribution in [0.15, 0.2) is 0 Å². The monoisotopic (exact) mass is 365 g/mol. The van der Waals surface area contributed by atoms with Gasteiger partial charge in [0, 0.05) is 19.1 Å². The largest absolute Gasteiger partial charge is 0.469 e. The lowest BCUT2D eigenvalue weighted by molar-refractivity contribution is -0.142. The van der Waals surface area contributed by atoms with Crippen molar-refractivity contribution in [2.45, 2.75) is 51.4 Å². The predicted molar refractivity (Wildman–Crippen MR) is 93.8 cm³/mol. The van der Waals surface area contributed by atoms with Crippen LogP contribution in [0.4, 0.5) is 0 Å². The minimum atomic E-state index is -2.94. The molecular formula is C15H31NO5SSi. The molecule has 8 heteroatoms. The Kier molecular flexibility index (Phi) is 6.83. The van der Waals surface area contributed by atoms with Crippen LogP contribution in [0, 0.1) is 0 Å². The molecule has 0 radical (unpaired) electrons. The van der Waals surface area contributed by atoms with Gasteiger partial charge in [-0.3, -0.25) is 9.69 Å². The molecule has 0 N–H and O–H groups in total. The van der Waals surface area contributed by atoms with Gasteiger partial charge in [-0.1, -0.05) is 20.8 Å². The van der Waals surface area contributed by atoms with Crippen molar-refractivity contribution in [1.29, 1.82) is 0 Å².